The molecule has 0 unspecified atom stereocenters. The van der Waals surface area contributed by atoms with Crippen molar-refractivity contribution in [3.05, 3.63) is 73.2 Å². The third kappa shape index (κ3) is 3.64. The highest BCUT2D eigenvalue weighted by molar-refractivity contribution is 9.10. The normalized spacial score (nSPS) is 11.8. The molecule has 5 nitrogen and oxygen atoms in total. The Balaban J connectivity index is 2.26. The molecule has 2 aromatic carbocycles. The Bertz CT molecular complexity index is 736. The van der Waals surface area contributed by atoms with E-state index in [1.807, 2.05) is 24.3 Å². The lowest BCUT2D eigenvalue weighted by atomic mass is 10.1. The molecule has 114 valence electrons. The number of hydrogen-bond donors (Lipinski definition) is 1. The van der Waals surface area contributed by atoms with Gasteiger partial charge in [0.1, 0.15) is 5.56 Å². The maximum atomic E-state index is 12.3. The topological polar surface area (TPSA) is 72.2 Å². The SMILES string of the molecule is C[C@@H](NC(=O)c1ccc(Cl)cc1[N+](=O)[O-])c1ccccc1Br. The van der Waals surface area contributed by atoms with Crippen LogP contribution in [0.15, 0.2) is 46.9 Å². The lowest BCUT2D eigenvalue weighted by molar-refractivity contribution is -0.385. The number of hydrogen-bond acceptors (Lipinski definition) is 3. The van der Waals surface area contributed by atoms with Gasteiger partial charge in [-0.2, -0.15) is 0 Å². The smallest absolute Gasteiger partial charge is 0.283 e. The van der Waals surface area contributed by atoms with Crippen LogP contribution in [0.4, 0.5) is 5.69 Å². The van der Waals surface area contributed by atoms with Crippen LogP contribution in [-0.2, 0) is 0 Å². The van der Waals surface area contributed by atoms with Crippen molar-refractivity contribution in [2.75, 3.05) is 0 Å². The zero-order valence-corrected chi connectivity index (χ0v) is 13.9. The Morgan fingerprint density at radius 2 is 2.00 bits per heavy atom. The first kappa shape index (κ1) is 16.5. The van der Waals surface area contributed by atoms with Crippen molar-refractivity contribution in [2.45, 2.75) is 13.0 Å². The molecule has 1 N–H and O–H groups in total. The number of nitrogens with one attached hydrogen (secondary N) is 1. The van der Waals surface area contributed by atoms with E-state index in [0.717, 1.165) is 10.0 Å². The Kier molecular flexibility index (Phi) is 5.15. The van der Waals surface area contributed by atoms with Gasteiger partial charge in [0.25, 0.3) is 11.6 Å². The van der Waals surface area contributed by atoms with Gasteiger partial charge in [0.15, 0.2) is 0 Å². The zero-order chi connectivity index (χ0) is 16.3. The number of amides is 1. The first-order valence-corrected chi connectivity index (χ1v) is 7.56. The number of nitro benzene ring substituents is 1. The molecule has 2 aromatic rings. The van der Waals surface area contributed by atoms with E-state index < -0.39 is 10.8 Å². The minimum absolute atomic E-state index is 0.0201. The van der Waals surface area contributed by atoms with E-state index >= 15 is 0 Å². The number of benzene rings is 2. The van der Waals surface area contributed by atoms with Crippen molar-refractivity contribution in [1.82, 2.24) is 5.32 Å². The predicted molar refractivity (Wildman–Crippen MR) is 88.1 cm³/mol. The summed E-state index contributed by atoms with van der Waals surface area (Å²) in [5, 5.41) is 14.0. The van der Waals surface area contributed by atoms with E-state index in [1.54, 1.807) is 6.92 Å². The number of rotatable bonds is 4. The number of halogens is 2. The average Bonchev–Trinajstić information content (AvgIpc) is 2.47. The molecule has 0 fully saturated rings. The summed E-state index contributed by atoms with van der Waals surface area (Å²) in [6.07, 6.45) is 0. The Labute approximate surface area is 140 Å². The highest BCUT2D eigenvalue weighted by Gasteiger charge is 2.22. The average molecular weight is 384 g/mol. The van der Waals surface area contributed by atoms with Crippen molar-refractivity contribution in [1.29, 1.82) is 0 Å². The van der Waals surface area contributed by atoms with Gasteiger partial charge in [0.05, 0.1) is 11.0 Å². The Morgan fingerprint density at radius 1 is 1.32 bits per heavy atom. The van der Waals surface area contributed by atoms with Gasteiger partial charge in [-0.15, -0.1) is 0 Å². The van der Waals surface area contributed by atoms with Crippen LogP contribution in [0.3, 0.4) is 0 Å². The highest BCUT2D eigenvalue weighted by Crippen LogP contribution is 2.26. The molecule has 1 amide bonds. The van der Waals surface area contributed by atoms with Gasteiger partial charge in [-0.1, -0.05) is 45.7 Å². The first-order valence-electron chi connectivity index (χ1n) is 6.39. The third-order valence-corrected chi connectivity index (χ3v) is 4.08. The number of carbonyl (C=O) groups is 1. The predicted octanol–water partition coefficient (Wildman–Crippen LogP) is 4.50. The van der Waals surface area contributed by atoms with E-state index in [1.165, 1.54) is 18.2 Å². The fourth-order valence-corrected chi connectivity index (χ4v) is 2.82. The second-order valence-corrected chi connectivity index (χ2v) is 5.93. The first-order chi connectivity index (χ1) is 10.4. The van der Waals surface area contributed by atoms with Crippen LogP contribution < -0.4 is 5.32 Å². The fourth-order valence-electron chi connectivity index (χ4n) is 2.03. The lowest BCUT2D eigenvalue weighted by Crippen LogP contribution is -2.27. The van der Waals surface area contributed by atoms with Crippen molar-refractivity contribution < 1.29 is 9.72 Å². The second kappa shape index (κ2) is 6.89. The minimum Gasteiger partial charge on any atom is -0.345 e. The van der Waals surface area contributed by atoms with Crippen LogP contribution in [0.1, 0.15) is 28.9 Å². The second-order valence-electron chi connectivity index (χ2n) is 4.64. The van der Waals surface area contributed by atoms with Crippen molar-refractivity contribution in [2.24, 2.45) is 0 Å². The minimum atomic E-state index is -0.621. The van der Waals surface area contributed by atoms with Crippen LogP contribution in [0.5, 0.6) is 0 Å². The number of carbonyl (C=O) groups excluding carboxylic acids is 1. The van der Waals surface area contributed by atoms with Crippen LogP contribution in [0.2, 0.25) is 5.02 Å². The fraction of sp³-hybridized carbons (Fsp3) is 0.133. The molecule has 7 heteroatoms. The van der Waals surface area contributed by atoms with E-state index in [0.29, 0.717) is 0 Å². The molecule has 0 aliphatic carbocycles. The summed E-state index contributed by atoms with van der Waals surface area (Å²) in [5.41, 5.74) is 0.546. The molecule has 0 bridgehead atoms. The maximum absolute atomic E-state index is 12.3. The van der Waals surface area contributed by atoms with Crippen LogP contribution >= 0.6 is 27.5 Å². The number of nitrogens with zero attached hydrogens (tertiary/aromatic N) is 1. The monoisotopic (exact) mass is 382 g/mol. The molecule has 1 atom stereocenters. The van der Waals surface area contributed by atoms with Crippen molar-refractivity contribution in [3.63, 3.8) is 0 Å². The molecule has 22 heavy (non-hydrogen) atoms. The summed E-state index contributed by atoms with van der Waals surface area (Å²) in [6, 6.07) is 11.1. The van der Waals surface area contributed by atoms with E-state index in [-0.39, 0.29) is 22.3 Å². The molecule has 0 spiro atoms. The molecule has 2 rings (SSSR count). The van der Waals surface area contributed by atoms with Gasteiger partial charge < -0.3 is 5.32 Å². The van der Waals surface area contributed by atoms with Gasteiger partial charge in [-0.3, -0.25) is 14.9 Å². The van der Waals surface area contributed by atoms with Gasteiger partial charge in [-0.05, 0) is 30.7 Å². The van der Waals surface area contributed by atoms with Crippen LogP contribution in [0, 0.1) is 10.1 Å². The molecular formula is C15H12BrClN2O3. The summed E-state index contributed by atoms with van der Waals surface area (Å²) < 4.78 is 0.855. The Hall–Kier alpha value is -1.92. The lowest BCUT2D eigenvalue weighted by Gasteiger charge is -2.16. The summed E-state index contributed by atoms with van der Waals surface area (Å²) in [6.45, 7) is 1.81. The molecule has 0 saturated carbocycles. The highest BCUT2D eigenvalue weighted by atomic mass is 79.9. The van der Waals surface area contributed by atoms with E-state index in [2.05, 4.69) is 21.2 Å². The van der Waals surface area contributed by atoms with Crippen LogP contribution in [-0.4, -0.2) is 10.8 Å². The molecule has 0 radical (unpaired) electrons. The van der Waals surface area contributed by atoms with Crippen molar-refractivity contribution >= 4 is 39.1 Å². The van der Waals surface area contributed by atoms with Gasteiger partial charge in [-0.25, -0.2) is 0 Å². The molecular weight excluding hydrogens is 372 g/mol. The quantitative estimate of drug-likeness (QED) is 0.624. The summed E-state index contributed by atoms with van der Waals surface area (Å²) in [5.74, 6) is -0.522. The molecule has 0 aliphatic rings. The number of nitro groups is 1. The third-order valence-electron chi connectivity index (χ3n) is 3.12. The summed E-state index contributed by atoms with van der Waals surface area (Å²) in [4.78, 5) is 22.7. The molecule has 0 aromatic heterocycles. The Morgan fingerprint density at radius 3 is 2.64 bits per heavy atom. The van der Waals surface area contributed by atoms with E-state index in [9.17, 15) is 14.9 Å². The maximum Gasteiger partial charge on any atom is 0.283 e. The summed E-state index contributed by atoms with van der Waals surface area (Å²) in [7, 11) is 0. The molecule has 0 aliphatic heterocycles. The zero-order valence-electron chi connectivity index (χ0n) is 11.5. The summed E-state index contributed by atoms with van der Waals surface area (Å²) >= 11 is 9.16. The molecule has 0 heterocycles. The van der Waals surface area contributed by atoms with Gasteiger partial charge >= 0.3 is 0 Å². The largest absolute Gasteiger partial charge is 0.345 e. The van der Waals surface area contributed by atoms with Gasteiger partial charge in [0, 0.05) is 15.6 Å². The van der Waals surface area contributed by atoms with Crippen molar-refractivity contribution in [3.8, 4) is 0 Å². The molecule has 0 saturated heterocycles. The standard InChI is InChI=1S/C15H12BrClN2O3/c1-9(11-4-2-3-5-13(11)16)18-15(20)12-7-6-10(17)8-14(12)19(21)22/h2-9H,1H3,(H,18,20)/t9-/m1/s1. The van der Waals surface area contributed by atoms with Gasteiger partial charge in [0.2, 0.25) is 0 Å². The van der Waals surface area contributed by atoms with Crippen LogP contribution in [0.25, 0.3) is 0 Å². The van der Waals surface area contributed by atoms with E-state index in [4.69, 9.17) is 11.6 Å².